The maximum atomic E-state index is 5.58. The Morgan fingerprint density at radius 2 is 1.81 bits per heavy atom. The molecule has 2 N–H and O–H groups in total. The molecule has 0 saturated carbocycles. The van der Waals surface area contributed by atoms with Crippen LogP contribution in [0.5, 0.6) is 17.5 Å². The van der Waals surface area contributed by atoms with Crippen LogP contribution in [0.2, 0.25) is 0 Å². The van der Waals surface area contributed by atoms with Crippen LogP contribution in [0, 0.1) is 0 Å². The second-order valence-corrected chi connectivity index (χ2v) is 5.43. The highest BCUT2D eigenvalue weighted by Crippen LogP contribution is 2.28. The minimum Gasteiger partial charge on any atom is -0.492 e. The molecule has 0 amide bonds. The van der Waals surface area contributed by atoms with Crippen LogP contribution in [0.3, 0.4) is 0 Å². The van der Waals surface area contributed by atoms with Gasteiger partial charge < -0.3 is 19.9 Å². The molecular weight excluding hydrogens is 368 g/mol. The zero-order valence-corrected chi connectivity index (χ0v) is 16.1. The Morgan fingerprint density at radius 1 is 1.04 bits per heavy atom. The first-order valence-electron chi connectivity index (χ1n) is 8.41. The summed E-state index contributed by atoms with van der Waals surface area (Å²) in [7, 11) is 1.59. The van der Waals surface area contributed by atoms with Crippen molar-refractivity contribution in [1.82, 2.24) is 14.8 Å². The highest BCUT2D eigenvalue weighted by molar-refractivity contribution is 5.85. The summed E-state index contributed by atoms with van der Waals surface area (Å²) in [6.07, 6.45) is 1.71. The number of aromatic nitrogens is 3. The van der Waals surface area contributed by atoms with Crippen LogP contribution in [0.15, 0.2) is 48.7 Å². The van der Waals surface area contributed by atoms with Gasteiger partial charge in [-0.1, -0.05) is 0 Å². The minimum absolute atomic E-state index is 0. The molecule has 0 aliphatic heterocycles. The van der Waals surface area contributed by atoms with Gasteiger partial charge in [0.25, 0.3) is 0 Å². The number of halogens is 1. The molecule has 0 radical (unpaired) electrons. The first-order chi connectivity index (χ1) is 12.7. The molecule has 1 aromatic carbocycles. The minimum atomic E-state index is 0. The molecule has 0 saturated heterocycles. The summed E-state index contributed by atoms with van der Waals surface area (Å²) < 4.78 is 18.0. The van der Waals surface area contributed by atoms with E-state index in [1.807, 2.05) is 43.3 Å². The fraction of sp³-hybridized carbons (Fsp3) is 0.263. The van der Waals surface area contributed by atoms with Gasteiger partial charge in [-0.2, -0.15) is 0 Å². The van der Waals surface area contributed by atoms with E-state index in [-0.39, 0.29) is 12.4 Å². The van der Waals surface area contributed by atoms with Gasteiger partial charge in [0, 0.05) is 24.2 Å². The largest absolute Gasteiger partial charge is 0.492 e. The summed E-state index contributed by atoms with van der Waals surface area (Å²) in [6, 6.07) is 13.4. The van der Waals surface area contributed by atoms with Crippen molar-refractivity contribution in [2.24, 2.45) is 5.73 Å². The molecule has 0 spiro atoms. The summed E-state index contributed by atoms with van der Waals surface area (Å²) in [6.45, 7) is 3.44. The quantitative estimate of drug-likeness (QED) is 0.636. The number of hydrogen-bond donors (Lipinski definition) is 1. The van der Waals surface area contributed by atoms with Crippen molar-refractivity contribution in [1.29, 1.82) is 0 Å². The standard InChI is InChI=1S/C19H22N4O3.ClH/c1-3-25-19-12-17(14-4-7-16(8-5-14)26-11-10-20)23(22-19)15-6-9-18(24-2)21-13-15;/h4-9,12-13H,3,10-11,20H2,1-2H3;1H. The van der Waals surface area contributed by atoms with E-state index in [0.29, 0.717) is 31.5 Å². The van der Waals surface area contributed by atoms with Crippen molar-refractivity contribution < 1.29 is 14.2 Å². The Morgan fingerprint density at radius 3 is 2.41 bits per heavy atom. The van der Waals surface area contributed by atoms with Gasteiger partial charge in [-0.15, -0.1) is 17.5 Å². The smallest absolute Gasteiger partial charge is 0.233 e. The average molecular weight is 391 g/mol. The highest BCUT2D eigenvalue weighted by atomic mass is 35.5. The van der Waals surface area contributed by atoms with Crippen LogP contribution in [0.25, 0.3) is 16.9 Å². The Hall–Kier alpha value is -2.77. The zero-order chi connectivity index (χ0) is 18.4. The van der Waals surface area contributed by atoms with Gasteiger partial charge >= 0.3 is 0 Å². The van der Waals surface area contributed by atoms with Gasteiger partial charge in [0.1, 0.15) is 12.4 Å². The van der Waals surface area contributed by atoms with E-state index in [4.69, 9.17) is 19.9 Å². The number of nitrogens with zero attached hydrogens (tertiary/aromatic N) is 3. The van der Waals surface area contributed by atoms with Crippen LogP contribution in [-0.4, -0.2) is 41.6 Å². The third-order valence-electron chi connectivity index (χ3n) is 3.69. The van der Waals surface area contributed by atoms with Crippen LogP contribution in [-0.2, 0) is 0 Å². The van der Waals surface area contributed by atoms with Crippen LogP contribution in [0.1, 0.15) is 6.92 Å². The first-order valence-corrected chi connectivity index (χ1v) is 8.41. The lowest BCUT2D eigenvalue weighted by Crippen LogP contribution is -2.10. The van der Waals surface area contributed by atoms with E-state index in [1.54, 1.807) is 24.1 Å². The van der Waals surface area contributed by atoms with Gasteiger partial charge in [-0.3, -0.25) is 0 Å². The molecule has 2 heterocycles. The van der Waals surface area contributed by atoms with Crippen molar-refractivity contribution in [3.63, 3.8) is 0 Å². The van der Waals surface area contributed by atoms with Gasteiger partial charge in [0.2, 0.25) is 11.8 Å². The predicted octanol–water partition coefficient (Wildman–Crippen LogP) is 3.10. The summed E-state index contributed by atoms with van der Waals surface area (Å²) in [5.74, 6) is 1.89. The first kappa shape index (κ1) is 20.5. The molecular formula is C19H23ClN4O3. The maximum Gasteiger partial charge on any atom is 0.233 e. The van der Waals surface area contributed by atoms with Crippen molar-refractivity contribution in [3.8, 4) is 34.5 Å². The van der Waals surface area contributed by atoms with E-state index in [9.17, 15) is 0 Å². The molecule has 0 bridgehead atoms. The van der Waals surface area contributed by atoms with Crippen LogP contribution in [0.4, 0.5) is 0 Å². The second-order valence-electron chi connectivity index (χ2n) is 5.43. The van der Waals surface area contributed by atoms with Crippen LogP contribution >= 0.6 is 12.4 Å². The lowest BCUT2D eigenvalue weighted by Gasteiger charge is -2.09. The summed E-state index contributed by atoms with van der Waals surface area (Å²) in [5, 5.41) is 4.54. The number of methoxy groups -OCH3 is 1. The molecule has 3 rings (SSSR count). The number of pyridine rings is 1. The molecule has 144 valence electrons. The number of rotatable bonds is 8. The van der Waals surface area contributed by atoms with E-state index < -0.39 is 0 Å². The SMILES string of the molecule is CCOc1cc(-c2ccc(OCCN)cc2)n(-c2ccc(OC)nc2)n1.Cl. The summed E-state index contributed by atoms with van der Waals surface area (Å²) in [4.78, 5) is 4.26. The number of hydrogen-bond acceptors (Lipinski definition) is 6. The molecule has 0 fully saturated rings. The normalized spacial score (nSPS) is 10.2. The maximum absolute atomic E-state index is 5.58. The molecule has 2 aromatic heterocycles. The van der Waals surface area contributed by atoms with Crippen molar-refractivity contribution in [3.05, 3.63) is 48.7 Å². The summed E-state index contributed by atoms with van der Waals surface area (Å²) >= 11 is 0. The number of nitrogens with two attached hydrogens (primary N) is 1. The Balaban J connectivity index is 0.00000261. The Kier molecular flexibility index (Phi) is 7.45. The van der Waals surface area contributed by atoms with Gasteiger partial charge in [-0.05, 0) is 37.3 Å². The molecule has 27 heavy (non-hydrogen) atoms. The molecule has 3 aromatic rings. The third-order valence-corrected chi connectivity index (χ3v) is 3.69. The van der Waals surface area contributed by atoms with E-state index in [1.165, 1.54) is 0 Å². The second kappa shape index (κ2) is 9.80. The number of benzene rings is 1. The number of ether oxygens (including phenoxy) is 3. The van der Waals surface area contributed by atoms with Gasteiger partial charge in [0.15, 0.2) is 0 Å². The molecule has 0 atom stereocenters. The van der Waals surface area contributed by atoms with Crippen molar-refractivity contribution in [2.45, 2.75) is 6.92 Å². The molecule has 0 aliphatic carbocycles. The molecule has 8 heteroatoms. The Bertz CT molecular complexity index is 835. The molecule has 7 nitrogen and oxygen atoms in total. The van der Waals surface area contributed by atoms with Crippen LogP contribution < -0.4 is 19.9 Å². The van der Waals surface area contributed by atoms with Gasteiger partial charge in [-0.25, -0.2) is 9.67 Å². The lowest BCUT2D eigenvalue weighted by molar-refractivity contribution is 0.324. The fourth-order valence-corrected chi connectivity index (χ4v) is 2.50. The van der Waals surface area contributed by atoms with Crippen molar-refractivity contribution >= 4 is 12.4 Å². The van der Waals surface area contributed by atoms with E-state index in [2.05, 4.69) is 10.1 Å². The van der Waals surface area contributed by atoms with Crippen molar-refractivity contribution in [2.75, 3.05) is 26.9 Å². The summed E-state index contributed by atoms with van der Waals surface area (Å²) in [5.41, 5.74) is 8.16. The third kappa shape index (κ3) is 4.90. The molecule has 0 unspecified atom stereocenters. The monoisotopic (exact) mass is 390 g/mol. The topological polar surface area (TPSA) is 84.4 Å². The van der Waals surface area contributed by atoms with Gasteiger partial charge in [0.05, 0.1) is 31.3 Å². The van der Waals surface area contributed by atoms with E-state index in [0.717, 1.165) is 22.7 Å². The molecule has 0 aliphatic rings. The zero-order valence-electron chi connectivity index (χ0n) is 15.3. The fourth-order valence-electron chi connectivity index (χ4n) is 2.50. The Labute approximate surface area is 164 Å². The highest BCUT2D eigenvalue weighted by Gasteiger charge is 2.13. The predicted molar refractivity (Wildman–Crippen MR) is 106 cm³/mol. The average Bonchev–Trinajstić information content (AvgIpc) is 3.11. The van der Waals surface area contributed by atoms with E-state index >= 15 is 0 Å². The lowest BCUT2D eigenvalue weighted by atomic mass is 10.1.